The second-order valence-electron chi connectivity index (χ2n) is 5.90. The van der Waals surface area contributed by atoms with Crippen molar-refractivity contribution in [2.24, 2.45) is 13.0 Å². The van der Waals surface area contributed by atoms with Gasteiger partial charge in [0.05, 0.1) is 11.9 Å². The third-order valence-electron chi connectivity index (χ3n) is 3.92. The molecule has 0 radical (unpaired) electrons. The van der Waals surface area contributed by atoms with E-state index in [2.05, 4.69) is 33.9 Å². The molecule has 1 aliphatic rings. The first-order chi connectivity index (χ1) is 9.08. The van der Waals surface area contributed by atoms with Gasteiger partial charge in [0, 0.05) is 34.2 Å². The summed E-state index contributed by atoms with van der Waals surface area (Å²) in [7, 11) is 8.35. The molecule has 108 valence electrons. The molecule has 0 aromatic carbocycles. The molecule has 0 amide bonds. The maximum atomic E-state index is 4.43. The second-order valence-corrected chi connectivity index (χ2v) is 5.90. The number of imidazole rings is 1. The minimum absolute atomic E-state index is 0.792. The smallest absolute Gasteiger partial charge is 0.204 e. The van der Waals surface area contributed by atoms with Gasteiger partial charge in [-0.2, -0.15) is 0 Å². The Morgan fingerprint density at radius 2 is 2.21 bits per heavy atom. The lowest BCUT2D eigenvalue weighted by Crippen LogP contribution is -2.37. The van der Waals surface area contributed by atoms with Crippen LogP contribution in [0.4, 0.5) is 5.95 Å². The Morgan fingerprint density at radius 3 is 2.84 bits per heavy atom. The molecule has 0 aliphatic carbocycles. The highest BCUT2D eigenvalue weighted by molar-refractivity contribution is 5.30. The summed E-state index contributed by atoms with van der Waals surface area (Å²) in [4.78, 5) is 8.91. The van der Waals surface area contributed by atoms with Crippen LogP contribution in [-0.4, -0.2) is 55.2 Å². The molecule has 5 heteroatoms. The fourth-order valence-electron chi connectivity index (χ4n) is 2.86. The Morgan fingerprint density at radius 1 is 1.42 bits per heavy atom. The summed E-state index contributed by atoms with van der Waals surface area (Å²) in [6.45, 7) is 4.48. The molecule has 2 rings (SSSR count). The fourth-order valence-corrected chi connectivity index (χ4v) is 2.86. The van der Waals surface area contributed by atoms with Gasteiger partial charge in [0.15, 0.2) is 0 Å². The third-order valence-corrected chi connectivity index (χ3v) is 3.92. The van der Waals surface area contributed by atoms with Gasteiger partial charge in [0.2, 0.25) is 5.95 Å². The van der Waals surface area contributed by atoms with Crippen molar-refractivity contribution < 1.29 is 0 Å². The lowest BCUT2D eigenvalue weighted by molar-refractivity contribution is 0.206. The summed E-state index contributed by atoms with van der Waals surface area (Å²) in [6, 6.07) is 0. The van der Waals surface area contributed by atoms with Crippen LogP contribution in [0.15, 0.2) is 6.20 Å². The van der Waals surface area contributed by atoms with Crippen LogP contribution >= 0.6 is 0 Å². The average molecular weight is 265 g/mol. The molecule has 1 unspecified atom stereocenters. The van der Waals surface area contributed by atoms with Crippen molar-refractivity contribution in [2.75, 3.05) is 45.7 Å². The number of piperidine rings is 1. The first-order valence-corrected chi connectivity index (χ1v) is 7.15. The highest BCUT2D eigenvalue weighted by Gasteiger charge is 2.16. The minimum atomic E-state index is 0.792. The predicted molar refractivity (Wildman–Crippen MR) is 79.5 cm³/mol. The van der Waals surface area contributed by atoms with Gasteiger partial charge >= 0.3 is 0 Å². The summed E-state index contributed by atoms with van der Waals surface area (Å²) in [6.07, 6.45) is 4.65. The minimum Gasteiger partial charge on any atom is -0.348 e. The van der Waals surface area contributed by atoms with Gasteiger partial charge < -0.3 is 19.7 Å². The van der Waals surface area contributed by atoms with Crippen LogP contribution in [0.1, 0.15) is 18.5 Å². The van der Waals surface area contributed by atoms with E-state index >= 15 is 0 Å². The van der Waals surface area contributed by atoms with Gasteiger partial charge in [-0.25, -0.2) is 4.98 Å². The number of rotatable bonds is 5. The van der Waals surface area contributed by atoms with Crippen LogP contribution < -0.4 is 10.2 Å². The number of hydrogen-bond donors (Lipinski definition) is 1. The number of anilines is 1. The molecule has 0 spiro atoms. The highest BCUT2D eigenvalue weighted by atomic mass is 15.3. The SMILES string of the molecule is CN1CCCC(CNCc2cnc(N(C)C)n2C)C1. The Kier molecular flexibility index (Phi) is 4.82. The highest BCUT2D eigenvalue weighted by Crippen LogP contribution is 2.14. The van der Waals surface area contributed by atoms with Gasteiger partial charge in [-0.15, -0.1) is 0 Å². The zero-order valence-corrected chi connectivity index (χ0v) is 12.7. The number of likely N-dealkylation sites (tertiary alicyclic amines) is 1. The largest absolute Gasteiger partial charge is 0.348 e. The van der Waals surface area contributed by atoms with E-state index in [9.17, 15) is 0 Å². The summed E-state index contributed by atoms with van der Waals surface area (Å²) < 4.78 is 2.15. The van der Waals surface area contributed by atoms with Crippen LogP contribution in [0.3, 0.4) is 0 Å². The molecule has 5 nitrogen and oxygen atoms in total. The van der Waals surface area contributed by atoms with Gasteiger partial charge in [-0.1, -0.05) is 0 Å². The first-order valence-electron chi connectivity index (χ1n) is 7.15. The summed E-state index contributed by atoms with van der Waals surface area (Å²) in [5.74, 6) is 1.80. The molecule has 1 saturated heterocycles. The monoisotopic (exact) mass is 265 g/mol. The molecule has 0 saturated carbocycles. The van der Waals surface area contributed by atoms with Gasteiger partial charge in [0.25, 0.3) is 0 Å². The lowest BCUT2D eigenvalue weighted by atomic mass is 9.98. The summed E-state index contributed by atoms with van der Waals surface area (Å²) in [5, 5.41) is 3.58. The Bertz CT molecular complexity index is 399. The molecule has 1 fully saturated rings. The quantitative estimate of drug-likeness (QED) is 0.859. The fraction of sp³-hybridized carbons (Fsp3) is 0.786. The van der Waals surface area contributed by atoms with Crippen molar-refractivity contribution in [3.8, 4) is 0 Å². The van der Waals surface area contributed by atoms with Crippen molar-refractivity contribution in [1.82, 2.24) is 19.8 Å². The van der Waals surface area contributed by atoms with E-state index in [0.29, 0.717) is 0 Å². The topological polar surface area (TPSA) is 36.3 Å². The normalized spacial score (nSPS) is 20.7. The van der Waals surface area contributed by atoms with Gasteiger partial charge in [-0.05, 0) is 38.9 Å². The van der Waals surface area contributed by atoms with Crippen LogP contribution in [0.2, 0.25) is 0 Å². The molecule has 19 heavy (non-hydrogen) atoms. The van der Waals surface area contributed by atoms with Crippen LogP contribution in [0.5, 0.6) is 0 Å². The summed E-state index contributed by atoms with van der Waals surface area (Å²) in [5.41, 5.74) is 1.24. The second kappa shape index (κ2) is 6.39. The standard InChI is InChI=1S/C14H27N5/c1-17(2)14-16-10-13(19(14)4)9-15-8-12-6-5-7-18(3)11-12/h10,12,15H,5-9,11H2,1-4H3. The van der Waals surface area contributed by atoms with Gasteiger partial charge in [0.1, 0.15) is 0 Å². The van der Waals surface area contributed by atoms with Crippen molar-refractivity contribution in [1.29, 1.82) is 0 Å². The first kappa shape index (κ1) is 14.3. The third kappa shape index (κ3) is 3.70. The van der Waals surface area contributed by atoms with E-state index in [1.165, 1.54) is 31.6 Å². The van der Waals surface area contributed by atoms with E-state index < -0.39 is 0 Å². The van der Waals surface area contributed by atoms with Crippen molar-refractivity contribution in [2.45, 2.75) is 19.4 Å². The Hall–Kier alpha value is -1.07. The van der Waals surface area contributed by atoms with Crippen molar-refractivity contribution in [3.63, 3.8) is 0 Å². The molecule has 1 atom stereocenters. The van der Waals surface area contributed by atoms with Crippen LogP contribution in [-0.2, 0) is 13.6 Å². The molecule has 2 heterocycles. The number of aromatic nitrogens is 2. The van der Waals surface area contributed by atoms with E-state index in [0.717, 1.165) is 25.0 Å². The van der Waals surface area contributed by atoms with Crippen LogP contribution in [0.25, 0.3) is 0 Å². The van der Waals surface area contributed by atoms with E-state index in [-0.39, 0.29) is 0 Å². The van der Waals surface area contributed by atoms with Crippen LogP contribution in [0, 0.1) is 5.92 Å². The Balaban J connectivity index is 1.79. The molecule has 1 N–H and O–H groups in total. The van der Waals surface area contributed by atoms with Gasteiger partial charge in [-0.3, -0.25) is 0 Å². The van der Waals surface area contributed by atoms with E-state index in [4.69, 9.17) is 0 Å². The molecular weight excluding hydrogens is 238 g/mol. The molecule has 1 aromatic rings. The molecule has 1 aromatic heterocycles. The molecule has 0 bridgehead atoms. The number of nitrogens with one attached hydrogen (secondary N) is 1. The van der Waals surface area contributed by atoms with E-state index in [1.807, 2.05) is 25.2 Å². The maximum absolute atomic E-state index is 4.43. The van der Waals surface area contributed by atoms with Crippen molar-refractivity contribution in [3.05, 3.63) is 11.9 Å². The lowest BCUT2D eigenvalue weighted by Gasteiger charge is -2.29. The van der Waals surface area contributed by atoms with Crippen molar-refractivity contribution >= 4 is 5.95 Å². The summed E-state index contributed by atoms with van der Waals surface area (Å²) >= 11 is 0. The number of hydrogen-bond acceptors (Lipinski definition) is 4. The zero-order chi connectivity index (χ0) is 13.8. The molecular formula is C14H27N5. The van der Waals surface area contributed by atoms with E-state index in [1.54, 1.807) is 0 Å². The average Bonchev–Trinajstić information content (AvgIpc) is 2.71. The Labute approximate surface area is 116 Å². The predicted octanol–water partition coefficient (Wildman–Crippen LogP) is 0.917. The zero-order valence-electron chi connectivity index (χ0n) is 12.7. The maximum Gasteiger partial charge on any atom is 0.204 e. The molecule has 1 aliphatic heterocycles. The number of nitrogens with zero attached hydrogens (tertiary/aromatic N) is 4.